The van der Waals surface area contributed by atoms with Crippen LogP contribution >= 0.6 is 0 Å². The molecule has 0 spiro atoms. The average Bonchev–Trinajstić information content (AvgIpc) is 3.39. The standard InChI is InChI=1S/C67H104O6/c1-4-7-10-13-16-19-22-25-27-29-30-31-32-33-34-35-36-38-39-42-45-48-51-54-57-60-66(69)72-63-64(62-71-65(68)59-56-53-50-47-44-41-24-21-18-15-12-9-6-3)73-67(70)61-58-55-52-49-46-43-40-37-28-26-23-20-17-14-11-8-5-2/h7-12,16-21,25-28,30-31,33-34,36,38,41,44,50,53,64H,4-6,13-15,22-24,29,32,35,37,39-40,42-43,45-49,51-52,54-63H2,1-3H3/b10-7-,11-8-,12-9-,19-16-,20-17-,21-18-,27-25-,28-26-,31-30-,34-33-,38-36-,44-41-,53-50-. The molecule has 0 radical (unpaired) electrons. The molecule has 0 rings (SSSR count). The van der Waals surface area contributed by atoms with Gasteiger partial charge in [0, 0.05) is 19.3 Å². The Kier molecular flexibility index (Phi) is 55.5. The number of allylic oxidation sites excluding steroid dienone is 26. The average molecular weight is 1010 g/mol. The molecule has 6 heteroatoms. The largest absolute Gasteiger partial charge is 0.462 e. The highest BCUT2D eigenvalue weighted by Gasteiger charge is 2.19. The van der Waals surface area contributed by atoms with Gasteiger partial charge in [-0.25, -0.2) is 0 Å². The van der Waals surface area contributed by atoms with Gasteiger partial charge in [-0.2, -0.15) is 0 Å². The first-order chi connectivity index (χ1) is 36.0. The fourth-order valence-electron chi connectivity index (χ4n) is 7.30. The molecular weight excluding hydrogens is 901 g/mol. The molecule has 0 fully saturated rings. The van der Waals surface area contributed by atoms with Crippen LogP contribution in [0.4, 0.5) is 0 Å². The van der Waals surface area contributed by atoms with Crippen LogP contribution in [-0.4, -0.2) is 37.2 Å². The van der Waals surface area contributed by atoms with Crippen LogP contribution < -0.4 is 0 Å². The molecule has 0 amide bonds. The third-order valence-corrected chi connectivity index (χ3v) is 11.5. The van der Waals surface area contributed by atoms with E-state index in [9.17, 15) is 14.4 Å². The smallest absolute Gasteiger partial charge is 0.306 e. The molecule has 0 saturated carbocycles. The third kappa shape index (κ3) is 57.8. The highest BCUT2D eigenvalue weighted by atomic mass is 16.6. The SMILES string of the molecule is CC/C=C\C/C=C\C/C=C\C/C=C\C/C=C\C/C=C\CCCCCCCCC(=O)OCC(COC(=O)CC/C=C\C/C=C\C/C=C\C/C=C\CC)OC(=O)CCCCCCCCC/C=C\C/C=C\C/C=C\CC. The van der Waals surface area contributed by atoms with Crippen LogP contribution in [0.2, 0.25) is 0 Å². The first-order valence-corrected chi connectivity index (χ1v) is 29.0. The molecule has 1 unspecified atom stereocenters. The van der Waals surface area contributed by atoms with Crippen LogP contribution in [0.5, 0.6) is 0 Å². The van der Waals surface area contributed by atoms with Crippen molar-refractivity contribution in [2.24, 2.45) is 0 Å². The molecule has 0 aliphatic rings. The Bertz CT molecular complexity index is 1670. The van der Waals surface area contributed by atoms with Gasteiger partial charge in [0.1, 0.15) is 13.2 Å². The van der Waals surface area contributed by atoms with Crippen LogP contribution in [0.25, 0.3) is 0 Å². The van der Waals surface area contributed by atoms with Gasteiger partial charge in [0.25, 0.3) is 0 Å². The maximum Gasteiger partial charge on any atom is 0.306 e. The van der Waals surface area contributed by atoms with Crippen molar-refractivity contribution in [1.29, 1.82) is 0 Å². The summed E-state index contributed by atoms with van der Waals surface area (Å²) in [6.07, 6.45) is 86.8. The number of hydrogen-bond acceptors (Lipinski definition) is 6. The van der Waals surface area contributed by atoms with Gasteiger partial charge in [0.2, 0.25) is 0 Å². The molecule has 0 heterocycles. The van der Waals surface area contributed by atoms with Gasteiger partial charge in [-0.15, -0.1) is 0 Å². The van der Waals surface area contributed by atoms with E-state index in [2.05, 4.69) is 167 Å². The topological polar surface area (TPSA) is 78.9 Å². The predicted octanol–water partition coefficient (Wildman–Crippen LogP) is 19.8. The summed E-state index contributed by atoms with van der Waals surface area (Å²) in [5, 5.41) is 0. The lowest BCUT2D eigenvalue weighted by molar-refractivity contribution is -0.166. The third-order valence-electron chi connectivity index (χ3n) is 11.5. The second kappa shape index (κ2) is 59.6. The van der Waals surface area contributed by atoms with Crippen molar-refractivity contribution in [3.63, 3.8) is 0 Å². The summed E-state index contributed by atoms with van der Waals surface area (Å²) in [5.74, 6) is -1.04. The molecule has 0 aliphatic heterocycles. The molecule has 6 nitrogen and oxygen atoms in total. The first-order valence-electron chi connectivity index (χ1n) is 29.0. The lowest BCUT2D eigenvalue weighted by Crippen LogP contribution is -2.30. The molecule has 73 heavy (non-hydrogen) atoms. The molecule has 0 bridgehead atoms. The van der Waals surface area contributed by atoms with Gasteiger partial charge >= 0.3 is 17.9 Å². The lowest BCUT2D eigenvalue weighted by Gasteiger charge is -2.18. The van der Waals surface area contributed by atoms with Crippen LogP contribution in [0.1, 0.15) is 226 Å². The molecule has 0 aromatic heterocycles. The second-order valence-electron chi connectivity index (χ2n) is 18.4. The zero-order chi connectivity index (χ0) is 52.9. The fourth-order valence-corrected chi connectivity index (χ4v) is 7.30. The Labute approximate surface area is 448 Å². The minimum Gasteiger partial charge on any atom is -0.462 e. The summed E-state index contributed by atoms with van der Waals surface area (Å²) in [4.78, 5) is 38.1. The van der Waals surface area contributed by atoms with E-state index in [4.69, 9.17) is 14.2 Å². The van der Waals surface area contributed by atoms with E-state index in [1.165, 1.54) is 32.1 Å². The monoisotopic (exact) mass is 1000 g/mol. The summed E-state index contributed by atoms with van der Waals surface area (Å²) in [6, 6.07) is 0. The minimum atomic E-state index is -0.827. The molecule has 0 aliphatic carbocycles. The van der Waals surface area contributed by atoms with E-state index >= 15 is 0 Å². The van der Waals surface area contributed by atoms with Gasteiger partial charge in [0.05, 0.1) is 0 Å². The quantitative estimate of drug-likeness (QED) is 0.0261. The molecule has 0 N–H and O–H groups in total. The highest BCUT2D eigenvalue weighted by molar-refractivity contribution is 5.71. The number of carbonyl (C=O) groups is 3. The zero-order valence-electron chi connectivity index (χ0n) is 46.6. The van der Waals surface area contributed by atoms with Crippen LogP contribution in [-0.2, 0) is 28.6 Å². The summed E-state index contributed by atoms with van der Waals surface area (Å²) < 4.78 is 16.8. The van der Waals surface area contributed by atoms with Crippen molar-refractivity contribution in [3.05, 3.63) is 158 Å². The van der Waals surface area contributed by atoms with Crippen molar-refractivity contribution >= 4 is 17.9 Å². The van der Waals surface area contributed by atoms with Gasteiger partial charge in [0.15, 0.2) is 6.10 Å². The number of esters is 3. The maximum absolute atomic E-state index is 12.9. The molecule has 0 aromatic carbocycles. The van der Waals surface area contributed by atoms with E-state index in [-0.39, 0.29) is 37.5 Å². The molecule has 0 saturated heterocycles. The molecular formula is C67H104O6. The number of ether oxygens (including phenoxy) is 3. The van der Waals surface area contributed by atoms with Crippen LogP contribution in [0.15, 0.2) is 158 Å². The summed E-state index contributed by atoms with van der Waals surface area (Å²) >= 11 is 0. The number of hydrogen-bond donors (Lipinski definition) is 0. The van der Waals surface area contributed by atoms with E-state index in [1.54, 1.807) is 0 Å². The van der Waals surface area contributed by atoms with E-state index in [0.29, 0.717) is 19.3 Å². The first kappa shape index (κ1) is 68.0. The van der Waals surface area contributed by atoms with Crippen LogP contribution in [0, 0.1) is 0 Å². The van der Waals surface area contributed by atoms with Gasteiger partial charge in [-0.1, -0.05) is 237 Å². The van der Waals surface area contributed by atoms with Crippen molar-refractivity contribution in [2.75, 3.05) is 13.2 Å². The Morgan fingerprint density at radius 2 is 0.521 bits per heavy atom. The van der Waals surface area contributed by atoms with Crippen LogP contribution in [0.3, 0.4) is 0 Å². The van der Waals surface area contributed by atoms with E-state index < -0.39 is 6.10 Å². The fraction of sp³-hybridized carbons (Fsp3) is 0.567. The number of unbranched alkanes of at least 4 members (excludes halogenated alkanes) is 13. The normalized spacial score (nSPS) is 13.3. The van der Waals surface area contributed by atoms with Crippen molar-refractivity contribution in [2.45, 2.75) is 232 Å². The van der Waals surface area contributed by atoms with Gasteiger partial charge in [-0.05, 0) is 128 Å². The Morgan fingerprint density at radius 3 is 0.849 bits per heavy atom. The van der Waals surface area contributed by atoms with Crippen molar-refractivity contribution < 1.29 is 28.6 Å². The molecule has 1 atom stereocenters. The Morgan fingerprint density at radius 1 is 0.274 bits per heavy atom. The van der Waals surface area contributed by atoms with Gasteiger partial charge in [-0.3, -0.25) is 14.4 Å². The summed E-state index contributed by atoms with van der Waals surface area (Å²) in [6.45, 7) is 6.20. The Hall–Kier alpha value is -4.97. The lowest BCUT2D eigenvalue weighted by atomic mass is 10.1. The minimum absolute atomic E-state index is 0.119. The van der Waals surface area contributed by atoms with Crippen molar-refractivity contribution in [3.8, 4) is 0 Å². The van der Waals surface area contributed by atoms with E-state index in [1.807, 2.05) is 12.2 Å². The molecule has 408 valence electrons. The highest BCUT2D eigenvalue weighted by Crippen LogP contribution is 2.13. The van der Waals surface area contributed by atoms with Gasteiger partial charge < -0.3 is 14.2 Å². The maximum atomic E-state index is 12.9. The zero-order valence-corrected chi connectivity index (χ0v) is 46.6. The second-order valence-corrected chi connectivity index (χ2v) is 18.4. The number of rotatable bonds is 50. The molecule has 0 aromatic rings. The summed E-state index contributed by atoms with van der Waals surface area (Å²) in [7, 11) is 0. The number of carbonyl (C=O) groups excluding carboxylic acids is 3. The Balaban J connectivity index is 4.47. The van der Waals surface area contributed by atoms with Crippen molar-refractivity contribution in [1.82, 2.24) is 0 Å². The van der Waals surface area contributed by atoms with E-state index in [0.717, 1.165) is 148 Å². The summed E-state index contributed by atoms with van der Waals surface area (Å²) in [5.41, 5.74) is 0. The predicted molar refractivity (Wildman–Crippen MR) is 315 cm³/mol.